The molecule has 1 heterocycles. The van der Waals surface area contributed by atoms with Crippen LogP contribution in [-0.4, -0.2) is 36.4 Å². The Morgan fingerprint density at radius 3 is 2.54 bits per heavy atom. The van der Waals surface area contributed by atoms with Crippen LogP contribution in [0.25, 0.3) is 16.6 Å². The molecule has 0 aliphatic heterocycles. The lowest BCUT2D eigenvalue weighted by Crippen LogP contribution is -2.29. The summed E-state index contributed by atoms with van der Waals surface area (Å²) in [4.78, 5) is 17.3. The SMILES string of the molecule is Cc1nc2ccccc2c(=O)n1-c1ccc(Cl)c(NS(=O)(=O)N(C)C)c1. The fourth-order valence-corrected chi connectivity index (χ4v) is 3.36. The zero-order valence-corrected chi connectivity index (χ0v) is 16.0. The number of hydrogen-bond acceptors (Lipinski definition) is 4. The summed E-state index contributed by atoms with van der Waals surface area (Å²) in [7, 11) is -0.922. The number of rotatable bonds is 4. The molecule has 3 rings (SSSR count). The molecule has 0 bridgehead atoms. The summed E-state index contributed by atoms with van der Waals surface area (Å²) in [5.74, 6) is 0.484. The first-order chi connectivity index (χ1) is 12.2. The van der Waals surface area contributed by atoms with E-state index < -0.39 is 10.2 Å². The molecular weight excluding hydrogens is 376 g/mol. The first kappa shape index (κ1) is 18.4. The van der Waals surface area contributed by atoms with Crippen molar-refractivity contribution < 1.29 is 8.42 Å². The van der Waals surface area contributed by atoms with Crippen molar-refractivity contribution in [3.05, 3.63) is 63.7 Å². The summed E-state index contributed by atoms with van der Waals surface area (Å²) in [6.45, 7) is 1.71. The van der Waals surface area contributed by atoms with Crippen LogP contribution in [0.5, 0.6) is 0 Å². The van der Waals surface area contributed by atoms with E-state index in [0.29, 0.717) is 22.4 Å². The average Bonchev–Trinajstić information content (AvgIpc) is 2.57. The molecule has 3 aromatic rings. The number of aromatic nitrogens is 2. The van der Waals surface area contributed by atoms with Gasteiger partial charge in [0.15, 0.2) is 0 Å². The minimum absolute atomic E-state index is 0.178. The molecule has 0 saturated carbocycles. The van der Waals surface area contributed by atoms with Crippen molar-refractivity contribution in [3.8, 4) is 5.69 Å². The number of aryl methyl sites for hydroxylation is 1. The van der Waals surface area contributed by atoms with Crippen molar-refractivity contribution in [3.63, 3.8) is 0 Å². The maximum absolute atomic E-state index is 12.9. The number of hydrogen-bond donors (Lipinski definition) is 1. The second kappa shape index (κ2) is 6.71. The highest BCUT2D eigenvalue weighted by atomic mass is 35.5. The lowest BCUT2D eigenvalue weighted by Gasteiger charge is -2.16. The minimum atomic E-state index is -3.73. The van der Waals surface area contributed by atoms with E-state index in [4.69, 9.17) is 11.6 Å². The van der Waals surface area contributed by atoms with Gasteiger partial charge in [-0.2, -0.15) is 12.7 Å². The van der Waals surface area contributed by atoms with E-state index in [-0.39, 0.29) is 16.3 Å². The van der Waals surface area contributed by atoms with Gasteiger partial charge in [0, 0.05) is 14.1 Å². The summed E-state index contributed by atoms with van der Waals surface area (Å²) in [6.07, 6.45) is 0. The van der Waals surface area contributed by atoms with Crippen LogP contribution >= 0.6 is 11.6 Å². The van der Waals surface area contributed by atoms with Gasteiger partial charge in [0.05, 0.1) is 27.3 Å². The zero-order chi connectivity index (χ0) is 19.1. The van der Waals surface area contributed by atoms with E-state index in [9.17, 15) is 13.2 Å². The lowest BCUT2D eigenvalue weighted by molar-refractivity contribution is 0.527. The van der Waals surface area contributed by atoms with Crippen LogP contribution in [0.4, 0.5) is 5.69 Å². The Morgan fingerprint density at radius 1 is 1.15 bits per heavy atom. The molecule has 7 nitrogen and oxygen atoms in total. The summed E-state index contributed by atoms with van der Waals surface area (Å²) >= 11 is 6.12. The molecule has 0 fully saturated rings. The highest BCUT2D eigenvalue weighted by molar-refractivity contribution is 7.90. The molecule has 9 heteroatoms. The molecule has 1 aromatic heterocycles. The van der Waals surface area contributed by atoms with Crippen LogP contribution in [0.2, 0.25) is 5.02 Å². The fraction of sp³-hybridized carbons (Fsp3) is 0.176. The molecular formula is C17H17ClN4O3S. The molecule has 0 amide bonds. The molecule has 2 aromatic carbocycles. The predicted octanol–water partition coefficient (Wildman–Crippen LogP) is 2.57. The van der Waals surface area contributed by atoms with Crippen LogP contribution in [0.1, 0.15) is 5.82 Å². The van der Waals surface area contributed by atoms with Gasteiger partial charge in [0.1, 0.15) is 5.82 Å². The zero-order valence-electron chi connectivity index (χ0n) is 14.4. The summed E-state index contributed by atoms with van der Waals surface area (Å²) in [5.41, 5.74) is 1.01. The van der Waals surface area contributed by atoms with Gasteiger partial charge in [0.25, 0.3) is 5.56 Å². The number of anilines is 1. The normalized spacial score (nSPS) is 11.9. The first-order valence-corrected chi connectivity index (χ1v) is 9.51. The molecule has 26 heavy (non-hydrogen) atoms. The van der Waals surface area contributed by atoms with E-state index in [0.717, 1.165) is 4.31 Å². The maximum Gasteiger partial charge on any atom is 0.301 e. The van der Waals surface area contributed by atoms with Crippen molar-refractivity contribution in [2.24, 2.45) is 0 Å². The minimum Gasteiger partial charge on any atom is -0.269 e. The van der Waals surface area contributed by atoms with Gasteiger partial charge in [-0.3, -0.25) is 14.1 Å². The molecule has 0 unspecified atom stereocenters. The smallest absolute Gasteiger partial charge is 0.269 e. The summed E-state index contributed by atoms with van der Waals surface area (Å²) < 4.78 is 29.0. The van der Waals surface area contributed by atoms with Gasteiger partial charge in [-0.25, -0.2) is 4.98 Å². The van der Waals surface area contributed by atoms with Crippen molar-refractivity contribution >= 4 is 38.4 Å². The van der Waals surface area contributed by atoms with Crippen LogP contribution in [0, 0.1) is 6.92 Å². The number of benzene rings is 2. The largest absolute Gasteiger partial charge is 0.301 e. The number of halogens is 1. The Bertz CT molecular complexity index is 1160. The van der Waals surface area contributed by atoms with E-state index in [1.165, 1.54) is 30.8 Å². The number of nitrogens with one attached hydrogen (secondary N) is 1. The first-order valence-electron chi connectivity index (χ1n) is 7.69. The molecule has 0 aliphatic carbocycles. The Hall–Kier alpha value is -2.42. The summed E-state index contributed by atoms with van der Waals surface area (Å²) in [6, 6.07) is 11.7. The van der Waals surface area contributed by atoms with Crippen LogP contribution < -0.4 is 10.3 Å². The number of para-hydroxylation sites is 1. The van der Waals surface area contributed by atoms with Crippen LogP contribution in [0.3, 0.4) is 0 Å². The Kier molecular flexibility index (Phi) is 4.74. The molecule has 136 valence electrons. The number of fused-ring (bicyclic) bond motifs is 1. The third-order valence-electron chi connectivity index (χ3n) is 3.87. The Balaban J connectivity index is 2.19. The second-order valence-corrected chi connectivity index (χ2v) is 8.16. The van der Waals surface area contributed by atoms with Crippen molar-refractivity contribution in [2.45, 2.75) is 6.92 Å². The maximum atomic E-state index is 12.9. The molecule has 0 saturated heterocycles. The van der Waals surface area contributed by atoms with E-state index in [1.54, 1.807) is 31.2 Å². The van der Waals surface area contributed by atoms with Crippen molar-refractivity contribution in [2.75, 3.05) is 18.8 Å². The third-order valence-corrected chi connectivity index (χ3v) is 5.64. The van der Waals surface area contributed by atoms with Gasteiger partial charge in [-0.1, -0.05) is 23.7 Å². The van der Waals surface area contributed by atoms with E-state index in [1.807, 2.05) is 6.07 Å². The standard InChI is InChI=1S/C17H17ClN4O3S/c1-11-19-15-7-5-4-6-13(15)17(23)22(11)12-8-9-14(18)16(10-12)20-26(24,25)21(2)3/h4-10,20H,1-3H3. The molecule has 0 radical (unpaired) electrons. The highest BCUT2D eigenvalue weighted by Gasteiger charge is 2.17. The topological polar surface area (TPSA) is 84.3 Å². The van der Waals surface area contributed by atoms with Gasteiger partial charge >= 0.3 is 10.2 Å². The van der Waals surface area contributed by atoms with Gasteiger partial charge in [-0.15, -0.1) is 0 Å². The monoisotopic (exact) mass is 392 g/mol. The fourth-order valence-electron chi connectivity index (χ4n) is 2.51. The highest BCUT2D eigenvalue weighted by Crippen LogP contribution is 2.26. The molecule has 0 atom stereocenters. The Morgan fingerprint density at radius 2 is 1.85 bits per heavy atom. The third kappa shape index (κ3) is 3.31. The van der Waals surface area contributed by atoms with Crippen molar-refractivity contribution in [1.29, 1.82) is 0 Å². The van der Waals surface area contributed by atoms with Gasteiger partial charge < -0.3 is 0 Å². The number of nitrogens with zero attached hydrogens (tertiary/aromatic N) is 3. The van der Waals surface area contributed by atoms with E-state index in [2.05, 4.69) is 9.71 Å². The predicted molar refractivity (Wildman–Crippen MR) is 103 cm³/mol. The quantitative estimate of drug-likeness (QED) is 0.739. The molecule has 1 N–H and O–H groups in total. The lowest BCUT2D eigenvalue weighted by atomic mass is 10.2. The summed E-state index contributed by atoms with van der Waals surface area (Å²) in [5, 5.41) is 0.696. The van der Waals surface area contributed by atoms with Crippen molar-refractivity contribution in [1.82, 2.24) is 13.9 Å². The van der Waals surface area contributed by atoms with Crippen LogP contribution in [0.15, 0.2) is 47.3 Å². The van der Waals surface area contributed by atoms with Gasteiger partial charge in [0.2, 0.25) is 0 Å². The Labute approximate surface area is 156 Å². The van der Waals surface area contributed by atoms with E-state index >= 15 is 0 Å². The van der Waals surface area contributed by atoms with Crippen LogP contribution in [-0.2, 0) is 10.2 Å². The molecule has 0 aliphatic rings. The van der Waals surface area contributed by atoms with Gasteiger partial charge in [-0.05, 0) is 37.3 Å². The second-order valence-electron chi connectivity index (χ2n) is 5.87. The molecule has 0 spiro atoms. The average molecular weight is 393 g/mol.